The van der Waals surface area contributed by atoms with Gasteiger partial charge in [0.05, 0.1) is 12.8 Å². The zero-order chi connectivity index (χ0) is 21.3. The highest BCUT2D eigenvalue weighted by atomic mass is 79.9. The molecule has 4 rings (SSSR count). The van der Waals surface area contributed by atoms with Crippen LogP contribution in [0.4, 0.5) is 15.8 Å². The van der Waals surface area contributed by atoms with E-state index < -0.39 is 6.17 Å². The molecule has 0 bridgehead atoms. The number of hydrazone groups is 1. The smallest absolute Gasteiger partial charge is 0.198 e. The Balaban J connectivity index is 1.95. The monoisotopic (exact) mass is 467 g/mol. The zero-order valence-electron chi connectivity index (χ0n) is 16.4. The molecule has 3 aromatic carbocycles. The number of hydrogen-bond donors (Lipinski definition) is 0. The Hall–Kier alpha value is -3.19. The number of anilines is 2. The number of carbonyl (C=O) groups is 1. The Morgan fingerprint density at radius 2 is 1.73 bits per heavy atom. The van der Waals surface area contributed by atoms with Crippen molar-refractivity contribution in [2.45, 2.75) is 13.1 Å². The second kappa shape index (κ2) is 8.28. The first-order valence-corrected chi connectivity index (χ1v) is 10.1. The number of halogens is 2. The van der Waals surface area contributed by atoms with Crippen molar-refractivity contribution in [2.75, 3.05) is 17.0 Å². The predicted molar refractivity (Wildman–Crippen MR) is 119 cm³/mol. The fourth-order valence-electron chi connectivity index (χ4n) is 3.49. The van der Waals surface area contributed by atoms with Crippen LogP contribution in [0.15, 0.2) is 82.4 Å². The van der Waals surface area contributed by atoms with Gasteiger partial charge in [-0.2, -0.15) is 0 Å². The fourth-order valence-corrected chi connectivity index (χ4v) is 3.87. The number of amidine groups is 1. The lowest BCUT2D eigenvalue weighted by Crippen LogP contribution is -2.38. The van der Waals surface area contributed by atoms with E-state index in [4.69, 9.17) is 4.74 Å². The number of carbonyl (C=O) groups excluding carboxylic acids is 1. The third kappa shape index (κ3) is 3.68. The highest BCUT2D eigenvalue weighted by Gasteiger charge is 2.40. The molecule has 3 aromatic rings. The maximum absolute atomic E-state index is 13.6. The molecule has 1 heterocycles. The average molecular weight is 468 g/mol. The van der Waals surface area contributed by atoms with Crippen LogP contribution in [-0.4, -0.2) is 18.7 Å². The normalized spacial score (nSPS) is 15.9. The summed E-state index contributed by atoms with van der Waals surface area (Å²) >= 11 is 3.53. The molecule has 0 aromatic heterocycles. The maximum atomic E-state index is 13.6. The van der Waals surface area contributed by atoms with Crippen LogP contribution in [0.3, 0.4) is 0 Å². The van der Waals surface area contributed by atoms with Crippen LogP contribution >= 0.6 is 15.9 Å². The summed E-state index contributed by atoms with van der Waals surface area (Å²) in [6.45, 7) is 1.47. The molecular formula is C23H19BrFN3O2. The van der Waals surface area contributed by atoms with Gasteiger partial charge in [-0.25, -0.2) is 9.40 Å². The van der Waals surface area contributed by atoms with Crippen LogP contribution in [0.25, 0.3) is 0 Å². The third-order valence-electron chi connectivity index (χ3n) is 4.82. The summed E-state index contributed by atoms with van der Waals surface area (Å²) in [6.07, 6.45) is -0.510. The van der Waals surface area contributed by atoms with Gasteiger partial charge in [-0.05, 0) is 54.6 Å². The molecule has 0 radical (unpaired) electrons. The summed E-state index contributed by atoms with van der Waals surface area (Å²) in [7, 11) is 1.60. The van der Waals surface area contributed by atoms with E-state index in [1.165, 1.54) is 19.1 Å². The van der Waals surface area contributed by atoms with Crippen LogP contribution in [0.1, 0.15) is 18.7 Å². The lowest BCUT2D eigenvalue weighted by atomic mass is 10.1. The number of hydrogen-bond acceptors (Lipinski definition) is 5. The summed E-state index contributed by atoms with van der Waals surface area (Å²) in [4.78, 5) is 14.4. The predicted octanol–water partition coefficient (Wildman–Crippen LogP) is 5.52. The molecule has 0 fully saturated rings. The minimum Gasteiger partial charge on any atom is -0.496 e. The SMILES string of the molecule is COc1ccc(Br)cc1[C@H]1N(c2ccccc2)N=C(C(C)=O)N1c1ccc(F)cc1. The van der Waals surface area contributed by atoms with Crippen molar-refractivity contribution in [3.8, 4) is 5.75 Å². The quantitative estimate of drug-likeness (QED) is 0.495. The fraction of sp³-hybridized carbons (Fsp3) is 0.130. The zero-order valence-corrected chi connectivity index (χ0v) is 18.0. The number of rotatable bonds is 5. The van der Waals surface area contributed by atoms with Gasteiger partial charge in [0.15, 0.2) is 17.8 Å². The molecule has 7 heteroatoms. The lowest BCUT2D eigenvalue weighted by molar-refractivity contribution is -0.111. The summed E-state index contributed by atoms with van der Waals surface area (Å²) in [5.74, 6) is 0.362. The number of para-hydroxylation sites is 1. The van der Waals surface area contributed by atoms with Crippen LogP contribution in [0.2, 0.25) is 0 Å². The standard InChI is InChI=1S/C23H19BrFN3O2/c1-15(29)22-26-28(19-6-4-3-5-7-19)23(20-14-16(24)8-13-21(20)30-2)27(22)18-11-9-17(25)10-12-18/h3-14,23H,1-2H3/t23-/m1/s1. The van der Waals surface area contributed by atoms with E-state index in [9.17, 15) is 9.18 Å². The first-order valence-electron chi connectivity index (χ1n) is 9.31. The first kappa shape index (κ1) is 20.1. The van der Waals surface area contributed by atoms with E-state index in [-0.39, 0.29) is 17.4 Å². The summed E-state index contributed by atoms with van der Waals surface area (Å²) in [5.41, 5.74) is 2.27. The van der Waals surface area contributed by atoms with E-state index >= 15 is 0 Å². The van der Waals surface area contributed by atoms with Crippen LogP contribution < -0.4 is 14.6 Å². The Kier molecular flexibility index (Phi) is 5.55. The molecule has 1 aliphatic rings. The molecule has 0 aliphatic carbocycles. The van der Waals surface area contributed by atoms with Crippen LogP contribution in [0, 0.1) is 5.82 Å². The number of ether oxygens (including phenoxy) is 1. The van der Waals surface area contributed by atoms with Crippen molar-refractivity contribution in [3.05, 3.63) is 88.6 Å². The Morgan fingerprint density at radius 3 is 2.37 bits per heavy atom. The van der Waals surface area contributed by atoms with Crippen molar-refractivity contribution >= 4 is 38.9 Å². The molecule has 0 unspecified atom stereocenters. The highest BCUT2D eigenvalue weighted by molar-refractivity contribution is 9.10. The Labute approximate surface area is 182 Å². The first-order chi connectivity index (χ1) is 14.5. The van der Waals surface area contributed by atoms with Crippen molar-refractivity contribution in [3.63, 3.8) is 0 Å². The van der Waals surface area contributed by atoms with Gasteiger partial charge in [0, 0.05) is 22.6 Å². The number of methoxy groups -OCH3 is 1. The van der Waals surface area contributed by atoms with Gasteiger partial charge in [-0.3, -0.25) is 9.69 Å². The maximum Gasteiger partial charge on any atom is 0.198 e. The van der Waals surface area contributed by atoms with Gasteiger partial charge >= 0.3 is 0 Å². The van der Waals surface area contributed by atoms with E-state index in [0.29, 0.717) is 11.4 Å². The van der Waals surface area contributed by atoms with Gasteiger partial charge in [-0.1, -0.05) is 34.1 Å². The summed E-state index contributed by atoms with van der Waals surface area (Å²) in [5, 5.41) is 6.44. The van der Waals surface area contributed by atoms with E-state index in [1.807, 2.05) is 48.5 Å². The summed E-state index contributed by atoms with van der Waals surface area (Å²) < 4.78 is 20.1. The molecule has 0 N–H and O–H groups in total. The molecule has 0 amide bonds. The van der Waals surface area contributed by atoms with Crippen molar-refractivity contribution in [1.82, 2.24) is 0 Å². The van der Waals surface area contributed by atoms with Gasteiger partial charge in [0.25, 0.3) is 0 Å². The highest BCUT2D eigenvalue weighted by Crippen LogP contribution is 2.42. The molecule has 5 nitrogen and oxygen atoms in total. The van der Waals surface area contributed by atoms with Crippen molar-refractivity contribution in [2.24, 2.45) is 5.10 Å². The largest absolute Gasteiger partial charge is 0.496 e. The molecule has 152 valence electrons. The van der Waals surface area contributed by atoms with E-state index in [1.54, 1.807) is 29.2 Å². The molecule has 0 saturated heterocycles. The third-order valence-corrected chi connectivity index (χ3v) is 5.31. The van der Waals surface area contributed by atoms with Gasteiger partial charge < -0.3 is 4.74 Å². The minimum absolute atomic E-state index is 0.197. The van der Waals surface area contributed by atoms with Gasteiger partial charge in [-0.15, -0.1) is 5.10 Å². The average Bonchev–Trinajstić information content (AvgIpc) is 3.15. The number of benzene rings is 3. The topological polar surface area (TPSA) is 45.1 Å². The van der Waals surface area contributed by atoms with Gasteiger partial charge in [0.2, 0.25) is 0 Å². The minimum atomic E-state index is -0.510. The molecule has 1 aliphatic heterocycles. The Bertz CT molecular complexity index is 1100. The van der Waals surface area contributed by atoms with Crippen LogP contribution in [-0.2, 0) is 4.79 Å². The number of Topliss-reactive ketones (excluding diaryl/α,β-unsaturated/α-hetero) is 1. The van der Waals surface area contributed by atoms with Crippen LogP contribution in [0.5, 0.6) is 5.75 Å². The second-order valence-corrected chi connectivity index (χ2v) is 7.68. The van der Waals surface area contributed by atoms with Crippen molar-refractivity contribution in [1.29, 1.82) is 0 Å². The second-order valence-electron chi connectivity index (χ2n) is 6.77. The molecule has 0 spiro atoms. The Morgan fingerprint density at radius 1 is 1.03 bits per heavy atom. The molecule has 30 heavy (non-hydrogen) atoms. The number of nitrogens with zero attached hydrogens (tertiary/aromatic N) is 3. The van der Waals surface area contributed by atoms with Crippen molar-refractivity contribution < 1.29 is 13.9 Å². The molecule has 0 saturated carbocycles. The van der Waals surface area contributed by atoms with E-state index in [0.717, 1.165) is 15.7 Å². The van der Waals surface area contributed by atoms with Gasteiger partial charge in [0.1, 0.15) is 11.6 Å². The lowest BCUT2D eigenvalue weighted by Gasteiger charge is -2.33. The molecule has 1 atom stereocenters. The summed E-state index contributed by atoms with van der Waals surface area (Å²) in [6, 6.07) is 21.3. The molecular weight excluding hydrogens is 449 g/mol. The van der Waals surface area contributed by atoms with E-state index in [2.05, 4.69) is 21.0 Å². The number of ketones is 1.